The van der Waals surface area contributed by atoms with Crippen molar-refractivity contribution >= 4 is 47.4 Å². The number of furan rings is 1. The number of rotatable bonds is 7. The number of ether oxygens (including phenoxy) is 1. The van der Waals surface area contributed by atoms with Crippen LogP contribution in [0, 0.1) is 5.41 Å². The van der Waals surface area contributed by atoms with E-state index in [-0.39, 0.29) is 18.1 Å². The Hall–Kier alpha value is -3.71. The lowest BCUT2D eigenvalue weighted by atomic mass is 10.1. The molecule has 2 heterocycles. The van der Waals surface area contributed by atoms with Gasteiger partial charge < -0.3 is 34.7 Å². The molecule has 39 heavy (non-hydrogen) atoms. The maximum atomic E-state index is 12.4. The van der Waals surface area contributed by atoms with E-state index in [1.165, 1.54) is 12.8 Å². The molecule has 1 unspecified atom stereocenters. The predicted molar refractivity (Wildman–Crippen MR) is 153 cm³/mol. The van der Waals surface area contributed by atoms with Gasteiger partial charge >= 0.3 is 11.9 Å². The molecule has 0 aliphatic carbocycles. The van der Waals surface area contributed by atoms with Crippen LogP contribution in [0.3, 0.4) is 0 Å². The topological polar surface area (TPSA) is 179 Å². The Morgan fingerprint density at radius 2 is 1.85 bits per heavy atom. The molecule has 2 aromatic carbocycles. The van der Waals surface area contributed by atoms with Crippen LogP contribution < -0.4 is 15.8 Å². The van der Waals surface area contributed by atoms with Crippen molar-refractivity contribution in [2.45, 2.75) is 32.4 Å². The number of likely N-dealkylation sites (N-methyl/N-ethyl adjacent to an activating group) is 1. The molecule has 3 aromatic rings. The molecule has 1 aliphatic heterocycles. The molecule has 0 spiro atoms. The normalized spacial score (nSPS) is 14.1. The van der Waals surface area contributed by atoms with E-state index in [0.29, 0.717) is 23.9 Å². The van der Waals surface area contributed by atoms with Gasteiger partial charge in [0.25, 0.3) is 0 Å². The number of nitrogens with one attached hydrogen (secondary N) is 2. The summed E-state index contributed by atoms with van der Waals surface area (Å²) in [6.07, 6.45) is 4.00. The van der Waals surface area contributed by atoms with Crippen molar-refractivity contribution in [1.82, 2.24) is 10.2 Å². The third-order valence-corrected chi connectivity index (χ3v) is 5.57. The minimum Gasteiger partial charge on any atom is -0.480 e. The van der Waals surface area contributed by atoms with Crippen molar-refractivity contribution in [3.05, 3.63) is 65.6 Å². The largest absolute Gasteiger partial charge is 0.480 e. The summed E-state index contributed by atoms with van der Waals surface area (Å²) in [5, 5.41) is 19.7. The summed E-state index contributed by atoms with van der Waals surface area (Å²) in [6, 6.07) is 14.9. The lowest BCUT2D eigenvalue weighted by Crippen LogP contribution is -2.25. The van der Waals surface area contributed by atoms with E-state index in [4.69, 9.17) is 34.8 Å². The Balaban J connectivity index is 0.000000595. The van der Waals surface area contributed by atoms with Gasteiger partial charge in [-0.1, -0.05) is 18.2 Å². The molecule has 1 atom stereocenters. The number of carbonyl (C=O) groups is 3. The third kappa shape index (κ3) is 11.3. The number of carboxylic acids is 1. The number of nitrogens with two attached hydrogens (primary N) is 1. The second-order valence-corrected chi connectivity index (χ2v) is 8.73. The summed E-state index contributed by atoms with van der Waals surface area (Å²) < 4.78 is 18.7. The van der Waals surface area contributed by atoms with Gasteiger partial charge in [-0.3, -0.25) is 15.1 Å². The Morgan fingerprint density at radius 3 is 2.38 bits per heavy atom. The van der Waals surface area contributed by atoms with Gasteiger partial charge in [0.1, 0.15) is 24.1 Å². The van der Waals surface area contributed by atoms with Crippen molar-refractivity contribution in [3.8, 4) is 5.75 Å². The van der Waals surface area contributed by atoms with Gasteiger partial charge in [0, 0.05) is 17.9 Å². The van der Waals surface area contributed by atoms with Gasteiger partial charge in [0.2, 0.25) is 5.76 Å². The van der Waals surface area contributed by atoms with Crippen molar-refractivity contribution in [3.63, 3.8) is 0 Å². The van der Waals surface area contributed by atoms with Crippen molar-refractivity contribution < 1.29 is 33.2 Å². The molecular formula is C27H36N4O7S. The number of aliphatic carboxylic acids is 1. The fourth-order valence-corrected chi connectivity index (χ4v) is 3.76. The fourth-order valence-electron chi connectivity index (χ4n) is 3.76. The van der Waals surface area contributed by atoms with Gasteiger partial charge in [-0.05, 0) is 86.5 Å². The average molecular weight is 561 g/mol. The van der Waals surface area contributed by atoms with E-state index in [1.807, 2.05) is 31.1 Å². The molecule has 0 saturated carbocycles. The number of nitrogens with zero attached hydrogens (tertiary/aromatic N) is 1. The van der Waals surface area contributed by atoms with E-state index < -0.39 is 11.9 Å². The highest BCUT2D eigenvalue weighted by Crippen LogP contribution is 2.24. The third-order valence-electron chi connectivity index (χ3n) is 5.57. The second kappa shape index (κ2) is 17.7. The standard InChI is InChI=1S/C22H23N3O3.C3H7NO2.CH4OS.CH2O/c1-14-3-2-10-25(14)13-19-8-9-20(27-19)22(26)28-18-7-6-15-11-17(21(23)24)5-4-16(15)12-18;1-4-2-3(5)6;1-3-2;1-2/h4-9,11-12,14H,2-3,10,13H2,1H3,(H3,23,24);4H,2H2,1H3,(H,5,6);2H,1H3;1H2. The minimum absolute atomic E-state index is 0.0225. The van der Waals surface area contributed by atoms with Crippen LogP contribution in [0.2, 0.25) is 0 Å². The van der Waals surface area contributed by atoms with Gasteiger partial charge in [0.05, 0.1) is 13.1 Å². The number of hydrogen-bond donors (Lipinski definition) is 5. The van der Waals surface area contributed by atoms with Crippen LogP contribution in [0.1, 0.15) is 41.6 Å². The lowest BCUT2D eigenvalue weighted by molar-refractivity contribution is -0.135. The van der Waals surface area contributed by atoms with Crippen molar-refractivity contribution in [2.24, 2.45) is 5.73 Å². The maximum absolute atomic E-state index is 12.4. The number of esters is 1. The summed E-state index contributed by atoms with van der Waals surface area (Å²) in [5.41, 5.74) is 6.19. The molecule has 6 N–H and O–H groups in total. The van der Waals surface area contributed by atoms with Crippen LogP contribution in [0.15, 0.2) is 52.9 Å². The highest BCUT2D eigenvalue weighted by molar-refractivity contribution is 7.93. The van der Waals surface area contributed by atoms with Crippen LogP contribution >= 0.6 is 12.0 Å². The lowest BCUT2D eigenvalue weighted by Gasteiger charge is -2.19. The monoisotopic (exact) mass is 560 g/mol. The van der Waals surface area contributed by atoms with Gasteiger partial charge in [-0.2, -0.15) is 0 Å². The van der Waals surface area contributed by atoms with E-state index in [1.54, 1.807) is 37.6 Å². The Bertz CT molecular complexity index is 1220. The van der Waals surface area contributed by atoms with E-state index >= 15 is 0 Å². The van der Waals surface area contributed by atoms with Gasteiger partial charge in [-0.25, -0.2) is 4.79 Å². The van der Waals surface area contributed by atoms with Crippen LogP contribution in [0.4, 0.5) is 0 Å². The molecule has 12 heteroatoms. The highest BCUT2D eigenvalue weighted by atomic mass is 32.2. The SMILES string of the molecule is C=O.CC1CCCN1Cc1ccc(C(=O)Oc2ccc3cc(C(=N)N)ccc3c2)o1.CNCC(=O)O.CSO. The molecule has 0 amide bonds. The first-order valence-corrected chi connectivity index (χ1v) is 13.1. The summed E-state index contributed by atoms with van der Waals surface area (Å²) in [7, 11) is 1.59. The predicted octanol–water partition coefficient (Wildman–Crippen LogP) is 3.85. The van der Waals surface area contributed by atoms with Gasteiger partial charge in [0.15, 0.2) is 0 Å². The number of benzene rings is 2. The zero-order valence-corrected chi connectivity index (χ0v) is 23.1. The summed E-state index contributed by atoms with van der Waals surface area (Å²) >= 11 is 0.750. The molecule has 1 aliphatic rings. The maximum Gasteiger partial charge on any atom is 0.379 e. The fraction of sp³-hybridized carbons (Fsp3) is 0.333. The van der Waals surface area contributed by atoms with Crippen LogP contribution in [-0.2, 0) is 16.1 Å². The molecule has 4 rings (SSSR count). The molecular weight excluding hydrogens is 524 g/mol. The Kier molecular flexibility index (Phi) is 15.2. The first kappa shape index (κ1) is 33.3. The number of hydrogen-bond acceptors (Lipinski definition) is 10. The summed E-state index contributed by atoms with van der Waals surface area (Å²) in [4.78, 5) is 32.3. The zero-order valence-electron chi connectivity index (χ0n) is 22.3. The number of likely N-dealkylation sites (tertiary alicyclic amines) is 1. The number of nitrogen functional groups attached to an aromatic ring is 1. The molecule has 0 radical (unpaired) electrons. The van der Waals surface area contributed by atoms with Crippen LogP contribution in [0.25, 0.3) is 10.8 Å². The summed E-state index contributed by atoms with van der Waals surface area (Å²) in [6.45, 7) is 6.02. The summed E-state index contributed by atoms with van der Waals surface area (Å²) in [5.74, 6) is 0.108. The van der Waals surface area contributed by atoms with Crippen LogP contribution in [-0.4, -0.2) is 71.6 Å². The Morgan fingerprint density at radius 1 is 1.21 bits per heavy atom. The molecule has 11 nitrogen and oxygen atoms in total. The zero-order chi connectivity index (χ0) is 29.4. The Labute approximate surface area is 232 Å². The molecule has 1 fully saturated rings. The number of carboxylic acid groups (broad SMARTS) is 1. The quantitative estimate of drug-likeness (QED) is 0.0931. The number of fused-ring (bicyclic) bond motifs is 1. The molecule has 212 valence electrons. The second-order valence-electron chi connectivity index (χ2n) is 8.36. The van der Waals surface area contributed by atoms with E-state index in [9.17, 15) is 9.59 Å². The smallest absolute Gasteiger partial charge is 0.379 e. The minimum atomic E-state index is -0.822. The van der Waals surface area contributed by atoms with E-state index in [0.717, 1.165) is 35.1 Å². The average Bonchev–Trinajstić information content (AvgIpc) is 3.55. The number of carbonyl (C=O) groups excluding carboxylic acids is 2. The highest BCUT2D eigenvalue weighted by Gasteiger charge is 2.22. The molecule has 1 aromatic heterocycles. The van der Waals surface area contributed by atoms with Crippen LogP contribution in [0.5, 0.6) is 5.75 Å². The molecule has 1 saturated heterocycles. The first-order valence-electron chi connectivity index (χ1n) is 11.9. The molecule has 0 bridgehead atoms. The van der Waals surface area contributed by atoms with Gasteiger partial charge in [-0.15, -0.1) is 0 Å². The number of amidine groups is 1. The van der Waals surface area contributed by atoms with Crippen molar-refractivity contribution in [1.29, 1.82) is 5.41 Å². The first-order chi connectivity index (χ1) is 18.7. The van der Waals surface area contributed by atoms with Crippen molar-refractivity contribution in [2.75, 3.05) is 26.4 Å². The van der Waals surface area contributed by atoms with E-state index in [2.05, 4.69) is 17.1 Å².